The molecule has 0 saturated carbocycles. The average Bonchev–Trinajstić information content (AvgIpc) is 2.53. The highest BCUT2D eigenvalue weighted by molar-refractivity contribution is 8.12. The maximum Gasteiger partial charge on any atom is 0.0685 e. The first-order chi connectivity index (χ1) is 5.67. The maximum absolute atomic E-state index is 4.45. The number of allylic oxidation sites excluding steroid dienone is 1. The summed E-state index contributed by atoms with van der Waals surface area (Å²) in [5.41, 5.74) is 2.21. The van der Waals surface area contributed by atoms with Gasteiger partial charge in [0.05, 0.1) is 11.6 Å². The van der Waals surface area contributed by atoms with Crippen molar-refractivity contribution < 1.29 is 0 Å². The van der Waals surface area contributed by atoms with Crippen LogP contribution in [-0.4, -0.2) is 17.3 Å². The standard InChI is InChI=1S/C10H17NS/c1-4-5-6-10(2,3)9-7-12-8-11-9/h5-6,8-9H,4,7H2,1-3H3/b6-5-/t9-/m0/s1. The van der Waals surface area contributed by atoms with E-state index < -0.39 is 0 Å². The van der Waals surface area contributed by atoms with Gasteiger partial charge in [0.25, 0.3) is 0 Å². The Hall–Kier alpha value is -0.240. The molecule has 0 N–H and O–H groups in total. The molecule has 2 heteroatoms. The van der Waals surface area contributed by atoms with Gasteiger partial charge in [-0.05, 0) is 6.42 Å². The summed E-state index contributed by atoms with van der Waals surface area (Å²) < 4.78 is 0. The maximum atomic E-state index is 4.45. The number of nitrogens with zero attached hydrogens (tertiary/aromatic N) is 1. The second kappa shape index (κ2) is 4.13. The summed E-state index contributed by atoms with van der Waals surface area (Å²) >= 11 is 1.82. The van der Waals surface area contributed by atoms with Crippen LogP contribution >= 0.6 is 11.8 Å². The summed E-state index contributed by atoms with van der Waals surface area (Å²) in [6.07, 6.45) is 5.65. The van der Waals surface area contributed by atoms with Crippen molar-refractivity contribution in [3.05, 3.63) is 12.2 Å². The molecule has 0 aliphatic carbocycles. The normalized spacial score (nSPS) is 24.1. The molecule has 0 aromatic rings. The van der Waals surface area contributed by atoms with Gasteiger partial charge in [-0.25, -0.2) is 0 Å². The zero-order chi connectivity index (χ0) is 9.03. The second-order valence-corrected chi connectivity index (χ2v) is 4.61. The highest BCUT2D eigenvalue weighted by atomic mass is 32.2. The van der Waals surface area contributed by atoms with Gasteiger partial charge in [0.15, 0.2) is 0 Å². The van der Waals surface area contributed by atoms with Crippen LogP contribution in [0.1, 0.15) is 27.2 Å². The molecular formula is C10H17NS. The molecule has 1 aliphatic rings. The predicted molar refractivity (Wildman–Crippen MR) is 58.0 cm³/mol. The van der Waals surface area contributed by atoms with Crippen LogP contribution in [-0.2, 0) is 0 Å². The van der Waals surface area contributed by atoms with Gasteiger partial charge in [0, 0.05) is 11.2 Å². The number of hydrogen-bond donors (Lipinski definition) is 0. The van der Waals surface area contributed by atoms with Crippen LogP contribution in [0.5, 0.6) is 0 Å². The minimum absolute atomic E-state index is 0.232. The summed E-state index contributed by atoms with van der Waals surface area (Å²) in [7, 11) is 0. The lowest BCUT2D eigenvalue weighted by Crippen LogP contribution is -2.25. The van der Waals surface area contributed by atoms with E-state index in [0.717, 1.165) is 12.2 Å². The van der Waals surface area contributed by atoms with Crippen LogP contribution < -0.4 is 0 Å². The zero-order valence-electron chi connectivity index (χ0n) is 8.08. The molecule has 1 aliphatic heterocycles. The lowest BCUT2D eigenvalue weighted by Gasteiger charge is -2.25. The summed E-state index contributed by atoms with van der Waals surface area (Å²) in [6, 6.07) is 0.477. The molecule has 0 unspecified atom stereocenters. The summed E-state index contributed by atoms with van der Waals surface area (Å²) in [5, 5.41) is 0. The van der Waals surface area contributed by atoms with E-state index in [0.29, 0.717) is 6.04 Å². The Morgan fingerprint density at radius 1 is 1.67 bits per heavy atom. The Morgan fingerprint density at radius 2 is 2.42 bits per heavy atom. The third-order valence-corrected chi connectivity index (χ3v) is 2.99. The predicted octanol–water partition coefficient (Wildman–Crippen LogP) is 3.12. The quantitative estimate of drug-likeness (QED) is 0.612. The van der Waals surface area contributed by atoms with Crippen molar-refractivity contribution in [1.29, 1.82) is 0 Å². The molecule has 0 amide bonds. The van der Waals surface area contributed by atoms with E-state index in [-0.39, 0.29) is 5.41 Å². The SMILES string of the molecule is CC/C=C\C(C)(C)[C@@H]1CSC=N1. The topological polar surface area (TPSA) is 12.4 Å². The zero-order valence-corrected chi connectivity index (χ0v) is 8.90. The molecule has 0 radical (unpaired) electrons. The van der Waals surface area contributed by atoms with Crippen molar-refractivity contribution >= 4 is 17.3 Å². The van der Waals surface area contributed by atoms with Gasteiger partial charge in [-0.1, -0.05) is 32.9 Å². The smallest absolute Gasteiger partial charge is 0.0685 e. The third-order valence-electron chi connectivity index (χ3n) is 2.21. The van der Waals surface area contributed by atoms with E-state index >= 15 is 0 Å². The van der Waals surface area contributed by atoms with Crippen molar-refractivity contribution in [3.8, 4) is 0 Å². The molecule has 0 aromatic carbocycles. The fourth-order valence-electron chi connectivity index (χ4n) is 1.23. The summed E-state index contributed by atoms with van der Waals surface area (Å²) in [5.74, 6) is 1.14. The van der Waals surface area contributed by atoms with Crippen LogP contribution in [0.25, 0.3) is 0 Å². The van der Waals surface area contributed by atoms with Crippen molar-refractivity contribution in [3.63, 3.8) is 0 Å². The second-order valence-electron chi connectivity index (χ2n) is 3.74. The molecule has 1 rings (SSSR count). The number of aliphatic imine (C=N–C) groups is 1. The first kappa shape index (κ1) is 9.85. The molecular weight excluding hydrogens is 166 g/mol. The molecule has 1 heterocycles. The number of hydrogen-bond acceptors (Lipinski definition) is 2. The fraction of sp³-hybridized carbons (Fsp3) is 0.700. The lowest BCUT2D eigenvalue weighted by molar-refractivity contribution is 0.404. The van der Waals surface area contributed by atoms with Gasteiger partial charge in [0.2, 0.25) is 0 Å². The molecule has 1 atom stereocenters. The molecule has 0 spiro atoms. The molecule has 0 saturated heterocycles. The van der Waals surface area contributed by atoms with Gasteiger partial charge < -0.3 is 0 Å². The Bertz CT molecular complexity index is 194. The molecule has 1 nitrogen and oxygen atoms in total. The molecule has 0 aromatic heterocycles. The average molecular weight is 183 g/mol. The molecule has 0 fully saturated rings. The van der Waals surface area contributed by atoms with E-state index in [1.54, 1.807) is 0 Å². The largest absolute Gasteiger partial charge is 0.281 e. The van der Waals surface area contributed by atoms with E-state index in [2.05, 4.69) is 37.9 Å². The highest BCUT2D eigenvalue weighted by Crippen LogP contribution is 2.30. The van der Waals surface area contributed by atoms with Crippen LogP contribution in [0.15, 0.2) is 17.1 Å². The third kappa shape index (κ3) is 2.37. The Labute approximate surface area is 79.3 Å². The van der Waals surface area contributed by atoms with Crippen molar-refractivity contribution in [2.24, 2.45) is 10.4 Å². The number of rotatable bonds is 3. The highest BCUT2D eigenvalue weighted by Gasteiger charge is 2.27. The van der Waals surface area contributed by atoms with Gasteiger partial charge in [-0.15, -0.1) is 11.8 Å². The van der Waals surface area contributed by atoms with Crippen molar-refractivity contribution in [2.45, 2.75) is 33.2 Å². The van der Waals surface area contributed by atoms with Gasteiger partial charge in [-0.3, -0.25) is 4.99 Å². The van der Waals surface area contributed by atoms with Crippen LogP contribution in [0.2, 0.25) is 0 Å². The molecule has 68 valence electrons. The summed E-state index contributed by atoms with van der Waals surface area (Å²) in [6.45, 7) is 6.68. The van der Waals surface area contributed by atoms with Gasteiger partial charge in [0.1, 0.15) is 0 Å². The van der Waals surface area contributed by atoms with Crippen molar-refractivity contribution in [2.75, 3.05) is 5.75 Å². The Balaban J connectivity index is 2.57. The Morgan fingerprint density at radius 3 is 2.92 bits per heavy atom. The van der Waals surface area contributed by atoms with Crippen molar-refractivity contribution in [1.82, 2.24) is 0 Å². The van der Waals surface area contributed by atoms with Gasteiger partial charge in [-0.2, -0.15) is 0 Å². The molecule has 12 heavy (non-hydrogen) atoms. The Kier molecular flexibility index (Phi) is 3.39. The van der Waals surface area contributed by atoms with E-state index in [1.165, 1.54) is 0 Å². The van der Waals surface area contributed by atoms with E-state index in [1.807, 2.05) is 17.3 Å². The van der Waals surface area contributed by atoms with E-state index in [4.69, 9.17) is 0 Å². The fourth-order valence-corrected chi connectivity index (χ4v) is 2.25. The first-order valence-electron chi connectivity index (χ1n) is 4.48. The monoisotopic (exact) mass is 183 g/mol. The van der Waals surface area contributed by atoms with Crippen LogP contribution in [0, 0.1) is 5.41 Å². The van der Waals surface area contributed by atoms with E-state index in [9.17, 15) is 0 Å². The molecule has 0 bridgehead atoms. The minimum Gasteiger partial charge on any atom is -0.281 e. The summed E-state index contributed by atoms with van der Waals surface area (Å²) in [4.78, 5) is 4.45. The van der Waals surface area contributed by atoms with Crippen LogP contribution in [0.3, 0.4) is 0 Å². The first-order valence-corrected chi connectivity index (χ1v) is 5.52. The van der Waals surface area contributed by atoms with Gasteiger partial charge >= 0.3 is 0 Å². The van der Waals surface area contributed by atoms with Crippen LogP contribution in [0.4, 0.5) is 0 Å². The number of thioether (sulfide) groups is 1. The minimum atomic E-state index is 0.232. The lowest BCUT2D eigenvalue weighted by atomic mass is 9.85.